The van der Waals surface area contributed by atoms with Gasteiger partial charge in [0.25, 0.3) is 0 Å². The van der Waals surface area contributed by atoms with E-state index in [0.717, 1.165) is 38.1 Å². The average molecular weight is 295 g/mol. The standard InChI is InChI=1S/C17H26FNO2/c1-3-17(20-2)21-16-8-6-14(7-9-16)5-4-11-19-12-10-15(18)13-19/h6-9,15,17H,3-5,10-13H2,1-2H3/t15-,17?/m1/s1. The van der Waals surface area contributed by atoms with E-state index in [4.69, 9.17) is 9.47 Å². The van der Waals surface area contributed by atoms with Gasteiger partial charge in [-0.2, -0.15) is 0 Å². The Labute approximate surface area is 127 Å². The van der Waals surface area contributed by atoms with Crippen molar-refractivity contribution in [2.75, 3.05) is 26.7 Å². The molecule has 0 spiro atoms. The number of rotatable bonds is 8. The van der Waals surface area contributed by atoms with Crippen LogP contribution in [0.4, 0.5) is 4.39 Å². The summed E-state index contributed by atoms with van der Waals surface area (Å²) in [5, 5.41) is 0. The zero-order valence-electron chi connectivity index (χ0n) is 13.1. The zero-order valence-corrected chi connectivity index (χ0v) is 13.1. The van der Waals surface area contributed by atoms with Gasteiger partial charge in [0.2, 0.25) is 0 Å². The number of benzene rings is 1. The van der Waals surface area contributed by atoms with E-state index in [2.05, 4.69) is 17.0 Å². The second kappa shape index (κ2) is 8.35. The number of ether oxygens (including phenoxy) is 2. The van der Waals surface area contributed by atoms with Gasteiger partial charge in [-0.3, -0.25) is 0 Å². The minimum Gasteiger partial charge on any atom is -0.465 e. The number of nitrogens with zero attached hydrogens (tertiary/aromatic N) is 1. The van der Waals surface area contributed by atoms with Crippen molar-refractivity contribution in [2.45, 2.75) is 45.1 Å². The predicted octanol–water partition coefficient (Wildman–Crippen LogP) is 3.42. The summed E-state index contributed by atoms with van der Waals surface area (Å²) in [6.45, 7) is 4.54. The summed E-state index contributed by atoms with van der Waals surface area (Å²) in [5.41, 5.74) is 1.30. The maximum atomic E-state index is 13.1. The molecule has 0 amide bonds. The summed E-state index contributed by atoms with van der Waals surface area (Å²) in [6, 6.07) is 8.17. The highest BCUT2D eigenvalue weighted by molar-refractivity contribution is 5.27. The van der Waals surface area contributed by atoms with E-state index in [9.17, 15) is 4.39 Å². The number of aryl methyl sites for hydroxylation is 1. The maximum Gasteiger partial charge on any atom is 0.199 e. The number of hydrogen-bond donors (Lipinski definition) is 0. The van der Waals surface area contributed by atoms with E-state index in [-0.39, 0.29) is 6.29 Å². The van der Waals surface area contributed by atoms with Crippen LogP contribution in [0.3, 0.4) is 0 Å². The van der Waals surface area contributed by atoms with Gasteiger partial charge in [0.15, 0.2) is 6.29 Å². The Morgan fingerprint density at radius 1 is 1.33 bits per heavy atom. The normalized spacial score (nSPS) is 20.6. The van der Waals surface area contributed by atoms with Crippen molar-refractivity contribution in [3.8, 4) is 5.75 Å². The van der Waals surface area contributed by atoms with Gasteiger partial charge < -0.3 is 14.4 Å². The van der Waals surface area contributed by atoms with Crippen LogP contribution in [0.15, 0.2) is 24.3 Å². The molecule has 1 aliphatic rings. The molecule has 2 rings (SSSR count). The quantitative estimate of drug-likeness (QED) is 0.686. The molecular weight excluding hydrogens is 269 g/mol. The van der Waals surface area contributed by atoms with E-state index in [1.807, 2.05) is 19.1 Å². The average Bonchev–Trinajstić information content (AvgIpc) is 2.92. The fourth-order valence-electron chi connectivity index (χ4n) is 2.68. The molecule has 3 nitrogen and oxygen atoms in total. The molecule has 0 radical (unpaired) electrons. The zero-order chi connectivity index (χ0) is 15.1. The number of likely N-dealkylation sites (tertiary alicyclic amines) is 1. The first-order chi connectivity index (χ1) is 10.2. The second-order valence-electron chi connectivity index (χ2n) is 5.63. The summed E-state index contributed by atoms with van der Waals surface area (Å²) < 4.78 is 24.0. The Hall–Kier alpha value is -1.13. The lowest BCUT2D eigenvalue weighted by atomic mass is 10.1. The van der Waals surface area contributed by atoms with Crippen LogP contribution in [-0.2, 0) is 11.2 Å². The van der Waals surface area contributed by atoms with Crippen LogP contribution in [0, 0.1) is 0 Å². The fraction of sp³-hybridized carbons (Fsp3) is 0.647. The van der Waals surface area contributed by atoms with Crippen molar-refractivity contribution in [1.29, 1.82) is 0 Å². The second-order valence-corrected chi connectivity index (χ2v) is 5.63. The number of methoxy groups -OCH3 is 1. The van der Waals surface area contributed by atoms with Crippen LogP contribution in [0.5, 0.6) is 5.75 Å². The smallest absolute Gasteiger partial charge is 0.199 e. The highest BCUT2D eigenvalue weighted by Crippen LogP contribution is 2.17. The third-order valence-corrected chi connectivity index (χ3v) is 3.94. The molecule has 4 heteroatoms. The first kappa shape index (κ1) is 16.2. The van der Waals surface area contributed by atoms with Crippen molar-refractivity contribution in [3.63, 3.8) is 0 Å². The van der Waals surface area contributed by atoms with Crippen LogP contribution in [0.25, 0.3) is 0 Å². The molecule has 0 aromatic heterocycles. The lowest BCUT2D eigenvalue weighted by molar-refractivity contribution is -0.0548. The van der Waals surface area contributed by atoms with Gasteiger partial charge >= 0.3 is 0 Å². The van der Waals surface area contributed by atoms with E-state index in [0.29, 0.717) is 13.0 Å². The molecule has 1 unspecified atom stereocenters. The number of alkyl halides is 1. The molecule has 1 aromatic rings. The number of halogens is 1. The van der Waals surface area contributed by atoms with Crippen molar-refractivity contribution >= 4 is 0 Å². The third-order valence-electron chi connectivity index (χ3n) is 3.94. The van der Waals surface area contributed by atoms with Crippen LogP contribution >= 0.6 is 0 Å². The molecule has 1 aliphatic heterocycles. The van der Waals surface area contributed by atoms with Crippen LogP contribution in [0.1, 0.15) is 31.7 Å². The Morgan fingerprint density at radius 2 is 2.10 bits per heavy atom. The highest BCUT2D eigenvalue weighted by atomic mass is 19.1. The van der Waals surface area contributed by atoms with Gasteiger partial charge in [-0.05, 0) is 43.5 Å². The maximum absolute atomic E-state index is 13.1. The Kier molecular flexibility index (Phi) is 6.46. The number of hydrogen-bond acceptors (Lipinski definition) is 3. The molecule has 1 aromatic carbocycles. The minimum absolute atomic E-state index is 0.181. The first-order valence-electron chi connectivity index (χ1n) is 7.86. The molecule has 0 saturated carbocycles. The molecule has 0 N–H and O–H groups in total. The molecule has 0 bridgehead atoms. The molecule has 1 heterocycles. The molecule has 118 valence electrons. The summed E-state index contributed by atoms with van der Waals surface area (Å²) >= 11 is 0. The van der Waals surface area contributed by atoms with Gasteiger partial charge in [-0.15, -0.1) is 0 Å². The summed E-state index contributed by atoms with van der Waals surface area (Å²) in [7, 11) is 1.66. The molecule has 1 fully saturated rings. The van der Waals surface area contributed by atoms with Gasteiger partial charge in [0.05, 0.1) is 0 Å². The Bertz CT molecular complexity index is 406. The Balaban J connectivity index is 1.72. The van der Waals surface area contributed by atoms with E-state index in [1.165, 1.54) is 5.56 Å². The molecular formula is C17H26FNO2. The van der Waals surface area contributed by atoms with E-state index >= 15 is 0 Å². The third kappa shape index (κ3) is 5.29. The summed E-state index contributed by atoms with van der Waals surface area (Å²) in [4.78, 5) is 2.21. The lowest BCUT2D eigenvalue weighted by Crippen LogP contribution is -2.22. The molecule has 1 saturated heterocycles. The van der Waals surface area contributed by atoms with Crippen molar-refractivity contribution in [1.82, 2.24) is 4.90 Å². The van der Waals surface area contributed by atoms with Crippen LogP contribution in [0.2, 0.25) is 0 Å². The van der Waals surface area contributed by atoms with Gasteiger partial charge in [0, 0.05) is 26.6 Å². The van der Waals surface area contributed by atoms with Gasteiger partial charge in [0.1, 0.15) is 11.9 Å². The van der Waals surface area contributed by atoms with E-state index < -0.39 is 6.17 Å². The molecule has 21 heavy (non-hydrogen) atoms. The monoisotopic (exact) mass is 295 g/mol. The van der Waals surface area contributed by atoms with E-state index in [1.54, 1.807) is 7.11 Å². The van der Waals surface area contributed by atoms with Gasteiger partial charge in [-0.1, -0.05) is 19.1 Å². The SMILES string of the molecule is CCC(OC)Oc1ccc(CCCN2CC[C@@H](F)C2)cc1. The fourth-order valence-corrected chi connectivity index (χ4v) is 2.68. The summed E-state index contributed by atoms with van der Waals surface area (Å²) in [5.74, 6) is 0.840. The highest BCUT2D eigenvalue weighted by Gasteiger charge is 2.20. The predicted molar refractivity (Wildman–Crippen MR) is 82.4 cm³/mol. The van der Waals surface area contributed by atoms with Crippen molar-refractivity contribution in [3.05, 3.63) is 29.8 Å². The van der Waals surface area contributed by atoms with Crippen LogP contribution < -0.4 is 4.74 Å². The topological polar surface area (TPSA) is 21.7 Å². The molecule has 0 aliphatic carbocycles. The van der Waals surface area contributed by atoms with Gasteiger partial charge in [-0.25, -0.2) is 4.39 Å². The molecule has 2 atom stereocenters. The minimum atomic E-state index is -0.617. The first-order valence-corrected chi connectivity index (χ1v) is 7.86. The lowest BCUT2D eigenvalue weighted by Gasteiger charge is -2.16. The summed E-state index contributed by atoms with van der Waals surface area (Å²) in [6.07, 6.45) is 2.82. The largest absolute Gasteiger partial charge is 0.465 e. The van der Waals surface area contributed by atoms with Crippen LogP contribution in [-0.4, -0.2) is 44.1 Å². The van der Waals surface area contributed by atoms with Crippen molar-refractivity contribution in [2.24, 2.45) is 0 Å². The van der Waals surface area contributed by atoms with Crippen molar-refractivity contribution < 1.29 is 13.9 Å². The Morgan fingerprint density at radius 3 is 2.67 bits per heavy atom.